The van der Waals surface area contributed by atoms with Crippen LogP contribution in [-0.4, -0.2) is 30.7 Å². The van der Waals surface area contributed by atoms with Crippen LogP contribution in [0.5, 0.6) is 0 Å². The minimum Gasteiger partial charge on any atom is -0.354 e. The molecule has 0 spiro atoms. The minimum absolute atomic E-state index is 0.0621. The molecule has 6 heteroatoms. The van der Waals surface area contributed by atoms with E-state index in [1.165, 1.54) is 5.56 Å². The molecule has 0 unspecified atom stereocenters. The van der Waals surface area contributed by atoms with Crippen LogP contribution in [-0.2, 0) is 10.5 Å². The Labute approximate surface area is 151 Å². The standard InChI is InChI=1S/C18H19ClN2O2S/c19-16-9-5-4-8-15(16)18(23)21-12-17(22)20-10-11-24-13-14-6-2-1-3-7-14/h1-9H,10-13H2,(H,20,22)(H,21,23). The van der Waals surface area contributed by atoms with Crippen LogP contribution in [0.15, 0.2) is 54.6 Å². The second kappa shape index (κ2) is 10.0. The molecule has 0 heterocycles. The number of hydrogen-bond donors (Lipinski definition) is 2. The second-order valence-electron chi connectivity index (χ2n) is 5.05. The van der Waals surface area contributed by atoms with Crippen LogP contribution in [0.25, 0.3) is 0 Å². The van der Waals surface area contributed by atoms with Gasteiger partial charge >= 0.3 is 0 Å². The molecular weight excluding hydrogens is 344 g/mol. The summed E-state index contributed by atoms with van der Waals surface area (Å²) in [4.78, 5) is 23.7. The van der Waals surface area contributed by atoms with Gasteiger partial charge in [0.15, 0.2) is 0 Å². The van der Waals surface area contributed by atoms with Crippen molar-refractivity contribution in [3.05, 3.63) is 70.7 Å². The Morgan fingerprint density at radius 3 is 2.42 bits per heavy atom. The van der Waals surface area contributed by atoms with E-state index in [4.69, 9.17) is 11.6 Å². The first kappa shape index (κ1) is 18.4. The van der Waals surface area contributed by atoms with Crippen molar-refractivity contribution in [1.82, 2.24) is 10.6 Å². The summed E-state index contributed by atoms with van der Waals surface area (Å²) in [6.45, 7) is 0.506. The molecule has 2 aromatic carbocycles. The molecule has 126 valence electrons. The lowest BCUT2D eigenvalue weighted by atomic mass is 10.2. The number of carbonyl (C=O) groups excluding carboxylic acids is 2. The lowest BCUT2D eigenvalue weighted by molar-refractivity contribution is -0.120. The van der Waals surface area contributed by atoms with Crippen molar-refractivity contribution in [3.63, 3.8) is 0 Å². The Bertz CT molecular complexity index is 680. The first-order valence-electron chi connectivity index (χ1n) is 7.58. The molecule has 0 aliphatic carbocycles. The summed E-state index contributed by atoms with van der Waals surface area (Å²) in [6.07, 6.45) is 0. The fourth-order valence-electron chi connectivity index (χ4n) is 1.99. The van der Waals surface area contributed by atoms with Gasteiger partial charge in [0, 0.05) is 18.1 Å². The highest BCUT2D eigenvalue weighted by Gasteiger charge is 2.10. The van der Waals surface area contributed by atoms with Crippen LogP contribution < -0.4 is 10.6 Å². The Kier molecular flexibility index (Phi) is 7.65. The number of benzene rings is 2. The molecule has 0 aromatic heterocycles. The summed E-state index contributed by atoms with van der Waals surface area (Å²) in [5, 5.41) is 5.72. The number of halogens is 1. The maximum absolute atomic E-state index is 11.9. The van der Waals surface area contributed by atoms with Gasteiger partial charge in [-0.2, -0.15) is 11.8 Å². The van der Waals surface area contributed by atoms with E-state index >= 15 is 0 Å². The van der Waals surface area contributed by atoms with E-state index < -0.39 is 0 Å². The SMILES string of the molecule is O=C(CNC(=O)c1ccccc1Cl)NCCSCc1ccccc1. The van der Waals surface area contributed by atoms with Crippen molar-refractivity contribution in [2.24, 2.45) is 0 Å². The fraction of sp³-hybridized carbons (Fsp3) is 0.222. The number of amides is 2. The largest absolute Gasteiger partial charge is 0.354 e. The molecule has 0 radical (unpaired) electrons. The Morgan fingerprint density at radius 2 is 1.67 bits per heavy atom. The Hall–Kier alpha value is -1.98. The molecule has 2 aromatic rings. The predicted molar refractivity (Wildman–Crippen MR) is 99.4 cm³/mol. The second-order valence-corrected chi connectivity index (χ2v) is 6.56. The van der Waals surface area contributed by atoms with Crippen molar-refractivity contribution in [2.45, 2.75) is 5.75 Å². The van der Waals surface area contributed by atoms with Gasteiger partial charge < -0.3 is 10.6 Å². The molecular formula is C18H19ClN2O2S. The van der Waals surface area contributed by atoms with Crippen molar-refractivity contribution in [3.8, 4) is 0 Å². The van der Waals surface area contributed by atoms with E-state index in [0.29, 0.717) is 17.1 Å². The summed E-state index contributed by atoms with van der Waals surface area (Å²) in [5.41, 5.74) is 1.63. The summed E-state index contributed by atoms with van der Waals surface area (Å²) in [5.74, 6) is 1.17. The number of nitrogens with one attached hydrogen (secondary N) is 2. The average Bonchev–Trinajstić information content (AvgIpc) is 2.60. The molecule has 0 saturated carbocycles. The fourth-order valence-corrected chi connectivity index (χ4v) is 3.03. The monoisotopic (exact) mass is 362 g/mol. The van der Waals surface area contributed by atoms with Gasteiger partial charge in [-0.15, -0.1) is 0 Å². The lowest BCUT2D eigenvalue weighted by Crippen LogP contribution is -2.37. The van der Waals surface area contributed by atoms with Gasteiger partial charge in [0.05, 0.1) is 17.1 Å². The topological polar surface area (TPSA) is 58.2 Å². The molecule has 0 bridgehead atoms. The highest BCUT2D eigenvalue weighted by atomic mass is 35.5. The van der Waals surface area contributed by atoms with Crippen LogP contribution in [0.2, 0.25) is 5.02 Å². The van der Waals surface area contributed by atoms with Crippen LogP contribution >= 0.6 is 23.4 Å². The first-order valence-corrected chi connectivity index (χ1v) is 9.11. The van der Waals surface area contributed by atoms with E-state index in [0.717, 1.165) is 11.5 Å². The van der Waals surface area contributed by atoms with Gasteiger partial charge in [-0.05, 0) is 17.7 Å². The van der Waals surface area contributed by atoms with Gasteiger partial charge in [-0.1, -0.05) is 54.1 Å². The molecule has 0 saturated heterocycles. The van der Waals surface area contributed by atoms with Gasteiger partial charge in [-0.3, -0.25) is 9.59 Å². The maximum atomic E-state index is 11.9. The van der Waals surface area contributed by atoms with E-state index in [-0.39, 0.29) is 18.4 Å². The van der Waals surface area contributed by atoms with Gasteiger partial charge in [0.1, 0.15) is 0 Å². The Balaban J connectivity index is 1.60. The third kappa shape index (κ3) is 6.26. The lowest BCUT2D eigenvalue weighted by Gasteiger charge is -2.08. The molecule has 24 heavy (non-hydrogen) atoms. The van der Waals surface area contributed by atoms with E-state index in [1.54, 1.807) is 36.0 Å². The highest BCUT2D eigenvalue weighted by molar-refractivity contribution is 7.98. The summed E-state index contributed by atoms with van der Waals surface area (Å²) < 4.78 is 0. The van der Waals surface area contributed by atoms with Gasteiger partial charge in [-0.25, -0.2) is 0 Å². The summed E-state index contributed by atoms with van der Waals surface area (Å²) in [6, 6.07) is 16.9. The van der Waals surface area contributed by atoms with Crippen molar-refractivity contribution < 1.29 is 9.59 Å². The third-order valence-corrected chi connectivity index (χ3v) is 4.57. The summed E-state index contributed by atoms with van der Waals surface area (Å²) >= 11 is 7.69. The number of carbonyl (C=O) groups is 2. The molecule has 2 N–H and O–H groups in total. The van der Waals surface area contributed by atoms with Gasteiger partial charge in [0.2, 0.25) is 5.91 Å². The number of thioether (sulfide) groups is 1. The summed E-state index contributed by atoms with van der Waals surface area (Å²) in [7, 11) is 0. The third-order valence-electron chi connectivity index (χ3n) is 3.21. The van der Waals surface area contributed by atoms with Crippen LogP contribution in [0.1, 0.15) is 15.9 Å². The number of hydrogen-bond acceptors (Lipinski definition) is 3. The molecule has 2 amide bonds. The van der Waals surface area contributed by atoms with Gasteiger partial charge in [0.25, 0.3) is 5.91 Å². The normalized spacial score (nSPS) is 10.2. The maximum Gasteiger partial charge on any atom is 0.253 e. The quantitative estimate of drug-likeness (QED) is 0.709. The zero-order valence-corrected chi connectivity index (χ0v) is 14.7. The average molecular weight is 363 g/mol. The van der Waals surface area contributed by atoms with Crippen molar-refractivity contribution in [1.29, 1.82) is 0 Å². The van der Waals surface area contributed by atoms with E-state index in [9.17, 15) is 9.59 Å². The highest BCUT2D eigenvalue weighted by Crippen LogP contribution is 2.14. The molecule has 0 fully saturated rings. The van der Waals surface area contributed by atoms with Crippen LogP contribution in [0, 0.1) is 0 Å². The predicted octanol–water partition coefficient (Wildman–Crippen LogP) is 3.12. The molecule has 0 aliphatic rings. The van der Waals surface area contributed by atoms with E-state index in [1.807, 2.05) is 18.2 Å². The van der Waals surface area contributed by atoms with Crippen LogP contribution in [0.3, 0.4) is 0 Å². The van der Waals surface area contributed by atoms with Crippen molar-refractivity contribution in [2.75, 3.05) is 18.8 Å². The number of rotatable bonds is 8. The van der Waals surface area contributed by atoms with E-state index in [2.05, 4.69) is 22.8 Å². The zero-order valence-electron chi connectivity index (χ0n) is 13.1. The first-order chi connectivity index (χ1) is 11.7. The molecule has 2 rings (SSSR count). The smallest absolute Gasteiger partial charge is 0.253 e. The van der Waals surface area contributed by atoms with Crippen LogP contribution in [0.4, 0.5) is 0 Å². The molecule has 0 atom stereocenters. The van der Waals surface area contributed by atoms with Crippen molar-refractivity contribution >= 4 is 35.2 Å². The minimum atomic E-state index is -0.353. The Morgan fingerprint density at radius 1 is 0.958 bits per heavy atom. The molecule has 0 aliphatic heterocycles. The zero-order chi connectivity index (χ0) is 17.2. The molecule has 4 nitrogen and oxygen atoms in total.